The molecule has 0 N–H and O–H groups in total. The number of aromatic nitrogens is 1. The van der Waals surface area contributed by atoms with Crippen LogP contribution in [0.25, 0.3) is 0 Å². The molecule has 0 bridgehead atoms. The zero-order chi connectivity index (χ0) is 16.2. The van der Waals surface area contributed by atoms with Crippen LogP contribution in [-0.2, 0) is 11.3 Å². The van der Waals surface area contributed by atoms with E-state index in [1.54, 1.807) is 25.4 Å². The van der Waals surface area contributed by atoms with Gasteiger partial charge in [-0.2, -0.15) is 0 Å². The van der Waals surface area contributed by atoms with Gasteiger partial charge in [0.25, 0.3) is 0 Å². The fraction of sp³-hybridized carbons (Fsp3) is 0.412. The summed E-state index contributed by atoms with van der Waals surface area (Å²) < 4.78 is 5.53. The van der Waals surface area contributed by atoms with Gasteiger partial charge < -0.3 is 9.64 Å². The first kappa shape index (κ1) is 16.0. The number of carbonyl (C=O) groups is 1. The molecule has 5 nitrogen and oxygen atoms in total. The number of thiazole rings is 1. The topological polar surface area (TPSA) is 45.7 Å². The van der Waals surface area contributed by atoms with Crippen LogP contribution >= 0.6 is 11.3 Å². The van der Waals surface area contributed by atoms with Gasteiger partial charge in [0.05, 0.1) is 19.7 Å². The van der Waals surface area contributed by atoms with E-state index < -0.39 is 0 Å². The second-order valence-electron chi connectivity index (χ2n) is 5.62. The van der Waals surface area contributed by atoms with Crippen LogP contribution in [0.2, 0.25) is 0 Å². The van der Waals surface area contributed by atoms with E-state index >= 15 is 0 Å². The number of hydrogen-bond acceptors (Lipinski definition) is 5. The minimum atomic E-state index is 0.118. The summed E-state index contributed by atoms with van der Waals surface area (Å²) in [6, 6.07) is 8.17. The van der Waals surface area contributed by atoms with Gasteiger partial charge in [0.2, 0.25) is 5.91 Å². The Bertz CT molecular complexity index is 660. The lowest BCUT2D eigenvalue weighted by molar-refractivity contribution is -0.132. The Morgan fingerprint density at radius 3 is 2.91 bits per heavy atom. The second kappa shape index (κ2) is 7.10. The van der Waals surface area contributed by atoms with Gasteiger partial charge in [-0.3, -0.25) is 9.69 Å². The van der Waals surface area contributed by atoms with E-state index in [1.165, 1.54) is 0 Å². The lowest BCUT2D eigenvalue weighted by Gasteiger charge is -2.41. The molecule has 3 rings (SSSR count). The summed E-state index contributed by atoms with van der Waals surface area (Å²) in [5.41, 5.74) is 1.12. The molecular formula is C17H21N3O2S. The van der Waals surface area contributed by atoms with Crippen molar-refractivity contribution >= 4 is 17.2 Å². The van der Waals surface area contributed by atoms with Crippen LogP contribution < -0.4 is 4.74 Å². The lowest BCUT2D eigenvalue weighted by atomic mass is 10.0. The number of piperazine rings is 1. The van der Waals surface area contributed by atoms with Gasteiger partial charge in [-0.15, -0.1) is 11.3 Å². The van der Waals surface area contributed by atoms with Crippen molar-refractivity contribution in [3.05, 3.63) is 46.4 Å². The molecule has 6 heteroatoms. The third-order valence-electron chi connectivity index (χ3n) is 4.26. The Morgan fingerprint density at radius 2 is 2.22 bits per heavy atom. The van der Waals surface area contributed by atoms with Gasteiger partial charge >= 0.3 is 0 Å². The highest BCUT2D eigenvalue weighted by molar-refractivity contribution is 7.09. The van der Waals surface area contributed by atoms with Gasteiger partial charge in [0.15, 0.2) is 0 Å². The number of benzene rings is 1. The van der Waals surface area contributed by atoms with E-state index in [9.17, 15) is 4.79 Å². The molecule has 1 unspecified atom stereocenters. The van der Waals surface area contributed by atoms with Crippen molar-refractivity contribution in [2.75, 3.05) is 26.7 Å². The van der Waals surface area contributed by atoms with Crippen LogP contribution in [0.4, 0.5) is 0 Å². The quantitative estimate of drug-likeness (QED) is 0.864. The van der Waals surface area contributed by atoms with Crippen molar-refractivity contribution in [1.29, 1.82) is 0 Å². The molecular weight excluding hydrogens is 310 g/mol. The molecule has 2 aromatic rings. The zero-order valence-corrected chi connectivity index (χ0v) is 14.3. The minimum Gasteiger partial charge on any atom is -0.496 e. The SMILES string of the molecule is COc1ccccc1C1CN(C(C)=O)CCN1Cc1nccs1. The van der Waals surface area contributed by atoms with E-state index in [1.807, 2.05) is 34.7 Å². The van der Waals surface area contributed by atoms with E-state index in [-0.39, 0.29) is 11.9 Å². The summed E-state index contributed by atoms with van der Waals surface area (Å²) in [7, 11) is 1.69. The first-order chi connectivity index (χ1) is 11.2. The maximum absolute atomic E-state index is 11.8. The maximum atomic E-state index is 11.8. The van der Waals surface area contributed by atoms with E-state index in [0.29, 0.717) is 6.54 Å². The number of nitrogens with zero attached hydrogens (tertiary/aromatic N) is 3. The largest absolute Gasteiger partial charge is 0.496 e. The maximum Gasteiger partial charge on any atom is 0.219 e. The summed E-state index contributed by atoms with van der Waals surface area (Å²) in [6.45, 7) is 4.71. The molecule has 1 aromatic carbocycles. The van der Waals surface area contributed by atoms with Crippen molar-refractivity contribution in [3.8, 4) is 5.75 Å². The number of amides is 1. The van der Waals surface area contributed by atoms with Crippen LogP contribution in [-0.4, -0.2) is 47.4 Å². The van der Waals surface area contributed by atoms with E-state index in [0.717, 1.165) is 36.0 Å². The molecule has 0 aliphatic carbocycles. The number of methoxy groups -OCH3 is 1. The Kier molecular flexibility index (Phi) is 4.93. The van der Waals surface area contributed by atoms with Gasteiger partial charge in [-0.25, -0.2) is 4.98 Å². The minimum absolute atomic E-state index is 0.118. The smallest absolute Gasteiger partial charge is 0.219 e. The van der Waals surface area contributed by atoms with E-state index in [4.69, 9.17) is 4.74 Å². The predicted molar refractivity (Wildman–Crippen MR) is 90.5 cm³/mol. The van der Waals surface area contributed by atoms with Crippen molar-refractivity contribution < 1.29 is 9.53 Å². The Labute approximate surface area is 140 Å². The average molecular weight is 331 g/mol. The third kappa shape index (κ3) is 3.54. The molecule has 0 radical (unpaired) electrons. The summed E-state index contributed by atoms with van der Waals surface area (Å²) >= 11 is 1.67. The first-order valence-corrected chi connectivity index (χ1v) is 8.58. The highest BCUT2D eigenvalue weighted by Gasteiger charge is 2.31. The summed E-state index contributed by atoms with van der Waals surface area (Å²) in [4.78, 5) is 20.5. The molecule has 0 saturated carbocycles. The van der Waals surface area contributed by atoms with E-state index in [2.05, 4.69) is 16.0 Å². The predicted octanol–water partition coefficient (Wildman–Crippen LogP) is 2.56. The number of para-hydroxylation sites is 1. The van der Waals surface area contributed by atoms with Gasteiger partial charge in [0, 0.05) is 43.7 Å². The number of hydrogen-bond donors (Lipinski definition) is 0. The Balaban J connectivity index is 1.89. The van der Waals surface area contributed by atoms with Crippen LogP contribution in [0, 0.1) is 0 Å². The molecule has 1 saturated heterocycles. The van der Waals surface area contributed by atoms with Crippen molar-refractivity contribution in [1.82, 2.24) is 14.8 Å². The molecule has 0 spiro atoms. The second-order valence-corrected chi connectivity index (χ2v) is 6.60. The molecule has 1 aliphatic rings. The normalized spacial score (nSPS) is 18.9. The number of ether oxygens (including phenoxy) is 1. The Hall–Kier alpha value is -1.92. The number of carbonyl (C=O) groups excluding carboxylic acids is 1. The molecule has 1 aliphatic heterocycles. The molecule has 2 heterocycles. The van der Waals surface area contributed by atoms with Crippen molar-refractivity contribution in [2.24, 2.45) is 0 Å². The Morgan fingerprint density at radius 1 is 1.39 bits per heavy atom. The number of rotatable bonds is 4. The summed E-state index contributed by atoms with van der Waals surface area (Å²) in [5.74, 6) is 0.992. The average Bonchev–Trinajstić information content (AvgIpc) is 3.08. The standard InChI is InChI=1S/C17H21N3O2S/c1-13(21)19-8-9-20(12-17-18-7-10-23-17)15(11-19)14-5-3-4-6-16(14)22-2/h3-7,10,15H,8-9,11-12H2,1-2H3. The van der Waals surface area contributed by atoms with Crippen LogP contribution in [0.5, 0.6) is 5.75 Å². The van der Waals surface area contributed by atoms with Crippen LogP contribution in [0.1, 0.15) is 23.5 Å². The highest BCUT2D eigenvalue weighted by atomic mass is 32.1. The summed E-state index contributed by atoms with van der Waals surface area (Å²) in [5, 5.41) is 3.10. The zero-order valence-electron chi connectivity index (χ0n) is 13.4. The fourth-order valence-corrected chi connectivity index (χ4v) is 3.68. The third-order valence-corrected chi connectivity index (χ3v) is 5.02. The van der Waals surface area contributed by atoms with Crippen LogP contribution in [0.3, 0.4) is 0 Å². The molecule has 122 valence electrons. The molecule has 1 fully saturated rings. The molecule has 23 heavy (non-hydrogen) atoms. The lowest BCUT2D eigenvalue weighted by Crippen LogP contribution is -2.49. The van der Waals surface area contributed by atoms with Crippen LogP contribution in [0.15, 0.2) is 35.8 Å². The monoisotopic (exact) mass is 331 g/mol. The fourth-order valence-electron chi connectivity index (χ4n) is 3.04. The summed E-state index contributed by atoms with van der Waals surface area (Å²) in [6.07, 6.45) is 1.84. The highest BCUT2D eigenvalue weighted by Crippen LogP contribution is 2.33. The molecule has 1 aromatic heterocycles. The van der Waals surface area contributed by atoms with Crippen molar-refractivity contribution in [2.45, 2.75) is 19.5 Å². The molecule has 1 amide bonds. The molecule has 1 atom stereocenters. The van der Waals surface area contributed by atoms with Crippen molar-refractivity contribution in [3.63, 3.8) is 0 Å². The van der Waals surface area contributed by atoms with Gasteiger partial charge in [0.1, 0.15) is 10.8 Å². The van der Waals surface area contributed by atoms with Gasteiger partial charge in [-0.1, -0.05) is 18.2 Å². The first-order valence-electron chi connectivity index (χ1n) is 7.70. The van der Waals surface area contributed by atoms with Gasteiger partial charge in [-0.05, 0) is 6.07 Å².